The summed E-state index contributed by atoms with van der Waals surface area (Å²) in [6, 6.07) is 6.45. The topological polar surface area (TPSA) is 63.6 Å². The van der Waals surface area contributed by atoms with Gasteiger partial charge in [0.25, 0.3) is 0 Å². The molecule has 2 aromatic heterocycles. The Hall–Kier alpha value is -1.92. The zero-order valence-corrected chi connectivity index (χ0v) is 12.9. The second-order valence-corrected chi connectivity index (χ2v) is 6.15. The van der Waals surface area contributed by atoms with Crippen molar-refractivity contribution in [1.82, 2.24) is 25.5 Å². The van der Waals surface area contributed by atoms with Crippen molar-refractivity contribution in [3.8, 4) is 10.6 Å². The maximum Gasteiger partial charge on any atom is 0.150 e. The van der Waals surface area contributed by atoms with Crippen LogP contribution in [0.15, 0.2) is 30.6 Å². The van der Waals surface area contributed by atoms with Crippen LogP contribution in [0.2, 0.25) is 0 Å². The molecule has 0 aliphatic rings. The van der Waals surface area contributed by atoms with Crippen LogP contribution in [0.5, 0.6) is 0 Å². The van der Waals surface area contributed by atoms with E-state index in [0.29, 0.717) is 6.04 Å². The fourth-order valence-corrected chi connectivity index (χ4v) is 2.96. The smallest absolute Gasteiger partial charge is 0.150 e. The van der Waals surface area contributed by atoms with Gasteiger partial charge in [-0.25, -0.2) is 0 Å². The number of hydrogen-bond donors (Lipinski definition) is 1. The van der Waals surface area contributed by atoms with Gasteiger partial charge in [0.05, 0.1) is 11.0 Å². The van der Waals surface area contributed by atoms with E-state index in [-0.39, 0.29) is 0 Å². The van der Waals surface area contributed by atoms with Gasteiger partial charge in [0, 0.05) is 37.0 Å². The lowest BCUT2D eigenvalue weighted by atomic mass is 10.2. The zero-order chi connectivity index (χ0) is 14.7. The van der Waals surface area contributed by atoms with Gasteiger partial charge in [-0.05, 0) is 12.1 Å². The van der Waals surface area contributed by atoms with Gasteiger partial charge in [-0.15, -0.1) is 10.2 Å². The number of nitrogens with one attached hydrogen (secondary N) is 1. The van der Waals surface area contributed by atoms with E-state index in [1.165, 1.54) is 0 Å². The Morgan fingerprint density at radius 1 is 1.14 bits per heavy atom. The molecule has 1 aromatic carbocycles. The number of aromatic nitrogens is 4. The molecule has 0 saturated carbocycles. The second-order valence-electron chi connectivity index (χ2n) is 5.09. The monoisotopic (exact) mass is 299 g/mol. The van der Waals surface area contributed by atoms with E-state index >= 15 is 0 Å². The first-order valence-corrected chi connectivity index (χ1v) is 7.81. The SMILES string of the molecule is CC(C)NCCc1nnc(-c2cccc3nccnc23)s1. The number of para-hydroxylation sites is 1. The minimum atomic E-state index is 0.491. The Kier molecular flexibility index (Phi) is 4.17. The fraction of sp³-hybridized carbons (Fsp3) is 0.333. The highest BCUT2D eigenvalue weighted by Gasteiger charge is 2.11. The molecule has 0 spiro atoms. The molecule has 0 unspecified atom stereocenters. The lowest BCUT2D eigenvalue weighted by Crippen LogP contribution is -2.24. The average Bonchev–Trinajstić information content (AvgIpc) is 2.95. The van der Waals surface area contributed by atoms with Gasteiger partial charge in [-0.1, -0.05) is 31.3 Å². The van der Waals surface area contributed by atoms with Gasteiger partial charge < -0.3 is 5.32 Å². The number of benzene rings is 1. The molecule has 0 bridgehead atoms. The molecule has 0 fully saturated rings. The van der Waals surface area contributed by atoms with E-state index in [4.69, 9.17) is 0 Å². The predicted octanol–water partition coefficient (Wildman–Crippen LogP) is 2.69. The van der Waals surface area contributed by atoms with Crippen LogP contribution < -0.4 is 5.32 Å². The number of nitrogens with zero attached hydrogens (tertiary/aromatic N) is 4. The summed E-state index contributed by atoms with van der Waals surface area (Å²) in [4.78, 5) is 8.74. The number of hydrogen-bond acceptors (Lipinski definition) is 6. The summed E-state index contributed by atoms with van der Waals surface area (Å²) in [5.41, 5.74) is 2.76. The molecule has 0 amide bonds. The van der Waals surface area contributed by atoms with Crippen LogP contribution >= 0.6 is 11.3 Å². The standard InChI is InChI=1S/C15H17N5S/c1-10(2)16-7-6-13-19-20-15(21-13)11-4-3-5-12-14(11)18-9-8-17-12/h3-5,8-10,16H,6-7H2,1-2H3. The van der Waals surface area contributed by atoms with E-state index in [1.54, 1.807) is 23.7 Å². The van der Waals surface area contributed by atoms with Crippen molar-refractivity contribution in [3.05, 3.63) is 35.6 Å². The molecule has 3 aromatic rings. The molecule has 5 nitrogen and oxygen atoms in total. The first-order chi connectivity index (χ1) is 10.2. The molecule has 108 valence electrons. The normalized spacial score (nSPS) is 11.4. The Balaban J connectivity index is 1.85. The zero-order valence-electron chi connectivity index (χ0n) is 12.1. The van der Waals surface area contributed by atoms with Crippen molar-refractivity contribution in [1.29, 1.82) is 0 Å². The van der Waals surface area contributed by atoms with Crippen molar-refractivity contribution >= 4 is 22.4 Å². The van der Waals surface area contributed by atoms with E-state index in [9.17, 15) is 0 Å². The van der Waals surface area contributed by atoms with Crippen LogP contribution in [0.1, 0.15) is 18.9 Å². The molecular formula is C15H17N5S. The van der Waals surface area contributed by atoms with Crippen molar-refractivity contribution < 1.29 is 0 Å². The summed E-state index contributed by atoms with van der Waals surface area (Å²) >= 11 is 1.62. The highest BCUT2D eigenvalue weighted by atomic mass is 32.1. The first kappa shape index (κ1) is 14.0. The summed E-state index contributed by atoms with van der Waals surface area (Å²) < 4.78 is 0. The van der Waals surface area contributed by atoms with E-state index in [0.717, 1.165) is 39.6 Å². The summed E-state index contributed by atoms with van der Waals surface area (Å²) in [5, 5.41) is 13.9. The number of rotatable bonds is 5. The highest BCUT2D eigenvalue weighted by molar-refractivity contribution is 7.14. The maximum absolute atomic E-state index is 4.42. The van der Waals surface area contributed by atoms with Crippen LogP contribution in [0, 0.1) is 0 Å². The third-order valence-corrected chi connectivity index (χ3v) is 4.10. The van der Waals surface area contributed by atoms with Gasteiger partial charge in [0.2, 0.25) is 0 Å². The quantitative estimate of drug-likeness (QED) is 0.784. The van der Waals surface area contributed by atoms with Crippen molar-refractivity contribution in [2.24, 2.45) is 0 Å². The molecule has 1 N–H and O–H groups in total. The maximum atomic E-state index is 4.42. The molecule has 21 heavy (non-hydrogen) atoms. The van der Waals surface area contributed by atoms with E-state index in [2.05, 4.69) is 39.3 Å². The molecule has 0 aliphatic heterocycles. The Labute approximate surface area is 127 Å². The van der Waals surface area contributed by atoms with E-state index < -0.39 is 0 Å². The Morgan fingerprint density at radius 3 is 2.86 bits per heavy atom. The van der Waals surface area contributed by atoms with Crippen LogP contribution in [0.25, 0.3) is 21.6 Å². The summed E-state index contributed by atoms with van der Waals surface area (Å²) in [6.45, 7) is 5.20. The second kappa shape index (κ2) is 6.24. The minimum Gasteiger partial charge on any atom is -0.314 e. The molecule has 0 atom stereocenters. The van der Waals surface area contributed by atoms with Crippen molar-refractivity contribution in [2.75, 3.05) is 6.54 Å². The summed E-state index contributed by atoms with van der Waals surface area (Å²) in [5.74, 6) is 0. The molecule has 0 saturated heterocycles. The van der Waals surface area contributed by atoms with Gasteiger partial charge in [0.1, 0.15) is 10.0 Å². The van der Waals surface area contributed by atoms with Crippen LogP contribution in [-0.4, -0.2) is 32.8 Å². The highest BCUT2D eigenvalue weighted by Crippen LogP contribution is 2.28. The summed E-state index contributed by atoms with van der Waals surface area (Å²) in [7, 11) is 0. The predicted molar refractivity (Wildman–Crippen MR) is 85.3 cm³/mol. The molecule has 0 aliphatic carbocycles. The summed E-state index contributed by atoms with van der Waals surface area (Å²) in [6.07, 6.45) is 4.31. The van der Waals surface area contributed by atoms with Gasteiger partial charge in [-0.3, -0.25) is 9.97 Å². The van der Waals surface area contributed by atoms with Crippen molar-refractivity contribution in [3.63, 3.8) is 0 Å². The largest absolute Gasteiger partial charge is 0.314 e. The molecule has 6 heteroatoms. The molecule has 2 heterocycles. The van der Waals surface area contributed by atoms with Crippen molar-refractivity contribution in [2.45, 2.75) is 26.3 Å². The Morgan fingerprint density at radius 2 is 2.00 bits per heavy atom. The third kappa shape index (κ3) is 3.22. The van der Waals surface area contributed by atoms with Gasteiger partial charge in [0.15, 0.2) is 0 Å². The Bertz CT molecular complexity index is 732. The average molecular weight is 299 g/mol. The first-order valence-electron chi connectivity index (χ1n) is 7.00. The molecular weight excluding hydrogens is 282 g/mol. The minimum absolute atomic E-state index is 0.491. The van der Waals surface area contributed by atoms with Gasteiger partial charge in [-0.2, -0.15) is 0 Å². The number of fused-ring (bicyclic) bond motifs is 1. The molecule has 0 radical (unpaired) electrons. The van der Waals surface area contributed by atoms with E-state index in [1.807, 2.05) is 18.2 Å². The lowest BCUT2D eigenvalue weighted by Gasteiger charge is -2.05. The van der Waals surface area contributed by atoms with Crippen LogP contribution in [-0.2, 0) is 6.42 Å². The van der Waals surface area contributed by atoms with Gasteiger partial charge >= 0.3 is 0 Å². The fourth-order valence-electron chi connectivity index (χ4n) is 2.10. The molecule has 3 rings (SSSR count). The third-order valence-electron chi connectivity index (χ3n) is 3.09. The van der Waals surface area contributed by atoms with Crippen LogP contribution in [0.3, 0.4) is 0 Å². The lowest BCUT2D eigenvalue weighted by molar-refractivity contribution is 0.588. The van der Waals surface area contributed by atoms with Crippen LogP contribution in [0.4, 0.5) is 0 Å².